The van der Waals surface area contributed by atoms with E-state index in [-0.39, 0.29) is 17.9 Å². The molecule has 8 nitrogen and oxygen atoms in total. The molecule has 0 unspecified atom stereocenters. The van der Waals surface area contributed by atoms with Gasteiger partial charge in [-0.1, -0.05) is 24.3 Å². The van der Waals surface area contributed by atoms with Crippen LogP contribution < -0.4 is 4.74 Å². The van der Waals surface area contributed by atoms with Crippen LogP contribution in [-0.4, -0.2) is 71.4 Å². The van der Waals surface area contributed by atoms with E-state index in [0.29, 0.717) is 24.4 Å². The number of aromatic nitrogens is 2. The summed E-state index contributed by atoms with van der Waals surface area (Å²) in [4.78, 5) is 16.9. The fourth-order valence-electron chi connectivity index (χ4n) is 5.31. The van der Waals surface area contributed by atoms with Crippen molar-refractivity contribution < 1.29 is 18.7 Å². The summed E-state index contributed by atoms with van der Waals surface area (Å²) in [5.74, 6) is 0.936. The zero-order valence-corrected chi connectivity index (χ0v) is 20.0. The molecule has 0 saturated carbocycles. The number of rotatable bonds is 6. The van der Waals surface area contributed by atoms with Gasteiger partial charge in [-0.2, -0.15) is 0 Å². The van der Waals surface area contributed by atoms with E-state index in [1.165, 1.54) is 24.0 Å². The molecule has 8 heteroatoms. The standard InChI is InChI=1S/C27H30N4O4/c1-19-13-22(8-7-21(19)14-30-11-9-27(17-30)10-12-33-18-27)34-23-15-31(16-23)26(32)25-29-28-24(35-25)20-5-3-2-4-6-20/h2-8,13,23H,9-12,14-18H2,1H3/t27-/m0/s1. The van der Waals surface area contributed by atoms with Crippen molar-refractivity contribution in [1.29, 1.82) is 0 Å². The molecule has 3 aliphatic rings. The van der Waals surface area contributed by atoms with Gasteiger partial charge in [-0.3, -0.25) is 9.69 Å². The maximum atomic E-state index is 12.7. The first kappa shape index (κ1) is 22.2. The highest BCUT2D eigenvalue weighted by Gasteiger charge is 2.41. The summed E-state index contributed by atoms with van der Waals surface area (Å²) >= 11 is 0. The van der Waals surface area contributed by atoms with Crippen LogP contribution in [0, 0.1) is 12.3 Å². The lowest BCUT2D eigenvalue weighted by atomic mass is 9.87. The number of hydrogen-bond acceptors (Lipinski definition) is 7. The first-order valence-electron chi connectivity index (χ1n) is 12.3. The molecule has 0 radical (unpaired) electrons. The second kappa shape index (κ2) is 9.09. The van der Waals surface area contributed by atoms with Crippen LogP contribution >= 0.6 is 0 Å². The van der Waals surface area contributed by atoms with Crippen LogP contribution in [0.2, 0.25) is 0 Å². The molecule has 3 aliphatic heterocycles. The molecule has 2 aromatic carbocycles. The van der Waals surface area contributed by atoms with E-state index < -0.39 is 0 Å². The van der Waals surface area contributed by atoms with E-state index in [1.807, 2.05) is 36.4 Å². The minimum absolute atomic E-state index is 0.00959. The average molecular weight is 475 g/mol. The largest absolute Gasteiger partial charge is 0.487 e. The minimum Gasteiger partial charge on any atom is -0.487 e. The van der Waals surface area contributed by atoms with Crippen molar-refractivity contribution in [3.8, 4) is 17.2 Å². The van der Waals surface area contributed by atoms with E-state index in [9.17, 15) is 4.79 Å². The summed E-state index contributed by atoms with van der Waals surface area (Å²) in [5, 5.41) is 7.94. The number of benzene rings is 2. The van der Waals surface area contributed by atoms with Gasteiger partial charge in [-0.25, -0.2) is 0 Å². The van der Waals surface area contributed by atoms with Crippen LogP contribution in [-0.2, 0) is 11.3 Å². The Morgan fingerprint density at radius 2 is 2.00 bits per heavy atom. The van der Waals surface area contributed by atoms with Gasteiger partial charge < -0.3 is 18.8 Å². The van der Waals surface area contributed by atoms with E-state index in [1.54, 1.807) is 4.90 Å². The Labute approximate surface area is 204 Å². The topological polar surface area (TPSA) is 80.9 Å². The molecule has 1 atom stereocenters. The number of amides is 1. The van der Waals surface area contributed by atoms with Crippen LogP contribution in [0.15, 0.2) is 52.9 Å². The normalized spacial score (nSPS) is 22.6. The van der Waals surface area contributed by atoms with E-state index in [2.05, 4.69) is 34.2 Å². The van der Waals surface area contributed by atoms with Crippen LogP contribution in [0.1, 0.15) is 34.7 Å². The monoisotopic (exact) mass is 474 g/mol. The molecule has 35 heavy (non-hydrogen) atoms. The number of nitrogens with zero attached hydrogens (tertiary/aromatic N) is 4. The van der Waals surface area contributed by atoms with Gasteiger partial charge in [0.15, 0.2) is 0 Å². The van der Waals surface area contributed by atoms with Crippen LogP contribution in [0.4, 0.5) is 0 Å². The second-order valence-corrected chi connectivity index (χ2v) is 10.1. The predicted molar refractivity (Wildman–Crippen MR) is 129 cm³/mol. The third-order valence-electron chi connectivity index (χ3n) is 7.48. The summed E-state index contributed by atoms with van der Waals surface area (Å²) in [6.45, 7) is 8.20. The molecule has 6 rings (SSSR count). The molecule has 3 aromatic rings. The molecular formula is C27H30N4O4. The van der Waals surface area contributed by atoms with Crippen molar-refractivity contribution in [2.75, 3.05) is 39.4 Å². The Morgan fingerprint density at radius 3 is 2.77 bits per heavy atom. The number of likely N-dealkylation sites (tertiary alicyclic amines) is 2. The molecule has 3 fully saturated rings. The molecule has 1 aromatic heterocycles. The molecular weight excluding hydrogens is 444 g/mol. The molecule has 1 amide bonds. The van der Waals surface area contributed by atoms with E-state index in [4.69, 9.17) is 13.9 Å². The van der Waals surface area contributed by atoms with Gasteiger partial charge in [0.05, 0.1) is 19.7 Å². The Morgan fingerprint density at radius 1 is 1.14 bits per heavy atom. The fraction of sp³-hybridized carbons (Fsp3) is 0.444. The molecule has 0 N–H and O–H groups in total. The molecule has 182 valence electrons. The number of carbonyl (C=O) groups excluding carboxylic acids is 1. The van der Waals surface area contributed by atoms with Crippen molar-refractivity contribution in [2.24, 2.45) is 5.41 Å². The predicted octanol–water partition coefficient (Wildman–Crippen LogP) is 3.56. The zero-order valence-electron chi connectivity index (χ0n) is 20.0. The highest BCUT2D eigenvalue weighted by atomic mass is 16.5. The maximum absolute atomic E-state index is 12.7. The highest BCUT2D eigenvalue weighted by Crippen LogP contribution is 2.39. The van der Waals surface area contributed by atoms with Gasteiger partial charge >= 0.3 is 11.8 Å². The Kier molecular flexibility index (Phi) is 5.78. The fourth-order valence-corrected chi connectivity index (χ4v) is 5.31. The zero-order chi connectivity index (χ0) is 23.8. The summed E-state index contributed by atoms with van der Waals surface area (Å²) < 4.78 is 17.4. The SMILES string of the molecule is Cc1cc(OC2CN(C(=O)c3nnc(-c4ccccc4)o3)C2)ccc1CN1CC[C@]2(CCOC2)C1. The smallest absolute Gasteiger partial charge is 0.311 e. The van der Waals surface area contributed by atoms with Crippen molar-refractivity contribution in [3.05, 3.63) is 65.5 Å². The lowest BCUT2D eigenvalue weighted by molar-refractivity contribution is 0.0149. The Hall–Kier alpha value is -3.23. The third-order valence-corrected chi connectivity index (χ3v) is 7.48. The molecule has 0 aliphatic carbocycles. The summed E-state index contributed by atoms with van der Waals surface area (Å²) in [6, 6.07) is 15.8. The van der Waals surface area contributed by atoms with E-state index >= 15 is 0 Å². The quantitative estimate of drug-likeness (QED) is 0.540. The molecule has 4 heterocycles. The average Bonchev–Trinajstić information content (AvgIpc) is 3.60. The van der Waals surface area contributed by atoms with Crippen molar-refractivity contribution >= 4 is 5.91 Å². The second-order valence-electron chi connectivity index (χ2n) is 10.1. The van der Waals surface area contributed by atoms with Crippen LogP contribution in [0.3, 0.4) is 0 Å². The van der Waals surface area contributed by atoms with E-state index in [0.717, 1.165) is 44.2 Å². The van der Waals surface area contributed by atoms with Crippen molar-refractivity contribution in [2.45, 2.75) is 32.4 Å². The van der Waals surface area contributed by atoms with Crippen LogP contribution in [0.5, 0.6) is 5.75 Å². The first-order valence-corrected chi connectivity index (χ1v) is 12.3. The molecule has 3 saturated heterocycles. The summed E-state index contributed by atoms with van der Waals surface area (Å²) in [5.41, 5.74) is 3.75. The minimum atomic E-state index is -0.262. The van der Waals surface area contributed by atoms with Gasteiger partial charge in [0.2, 0.25) is 5.89 Å². The van der Waals surface area contributed by atoms with Crippen molar-refractivity contribution in [3.63, 3.8) is 0 Å². The number of aryl methyl sites for hydroxylation is 1. The van der Waals surface area contributed by atoms with Crippen molar-refractivity contribution in [1.82, 2.24) is 20.0 Å². The number of carbonyl (C=O) groups is 1. The molecule has 0 bridgehead atoms. The van der Waals surface area contributed by atoms with Gasteiger partial charge in [-0.05, 0) is 61.7 Å². The maximum Gasteiger partial charge on any atom is 0.311 e. The lowest BCUT2D eigenvalue weighted by Crippen LogP contribution is -2.56. The Bertz CT molecular complexity index is 1200. The number of ether oxygens (including phenoxy) is 2. The number of hydrogen-bond donors (Lipinski definition) is 0. The molecule has 1 spiro atoms. The Balaban J connectivity index is 1.01. The first-order chi connectivity index (χ1) is 17.1. The third kappa shape index (κ3) is 4.56. The highest BCUT2D eigenvalue weighted by molar-refractivity contribution is 5.90. The van der Waals surface area contributed by atoms with Gasteiger partial charge in [0, 0.05) is 30.7 Å². The van der Waals surface area contributed by atoms with Crippen LogP contribution in [0.25, 0.3) is 11.5 Å². The van der Waals surface area contributed by atoms with Gasteiger partial charge in [0.1, 0.15) is 11.9 Å². The van der Waals surface area contributed by atoms with Gasteiger partial charge in [0.25, 0.3) is 0 Å². The lowest BCUT2D eigenvalue weighted by Gasteiger charge is -2.38. The summed E-state index contributed by atoms with van der Waals surface area (Å²) in [7, 11) is 0. The summed E-state index contributed by atoms with van der Waals surface area (Å²) in [6.07, 6.45) is 2.39. The van der Waals surface area contributed by atoms with Gasteiger partial charge in [-0.15, -0.1) is 10.2 Å².